The average molecular weight is 868 g/mol. The molecule has 0 rings (SSSR count). The number of carbonyl (C=O) groups excluding carboxylic acids is 2. The van der Waals surface area contributed by atoms with Crippen LogP contribution in [-0.4, -0.2) is 46.9 Å². The molecule has 0 heterocycles. The second kappa shape index (κ2) is 49.6. The van der Waals surface area contributed by atoms with Gasteiger partial charge in [-0.1, -0.05) is 216 Å². The number of rotatable bonds is 47. The molecule has 0 aromatic heterocycles. The van der Waals surface area contributed by atoms with E-state index in [-0.39, 0.29) is 24.9 Å². The first kappa shape index (κ1) is 59.6. The summed E-state index contributed by atoms with van der Waals surface area (Å²) in [5.74, 6) is -0.544. The molecule has 1 amide bonds. The van der Waals surface area contributed by atoms with Crippen molar-refractivity contribution in [1.29, 1.82) is 0 Å². The van der Waals surface area contributed by atoms with Crippen LogP contribution in [0.4, 0.5) is 0 Å². The van der Waals surface area contributed by atoms with Crippen LogP contribution in [0.25, 0.3) is 0 Å². The predicted molar refractivity (Wildman–Crippen MR) is 268 cm³/mol. The summed E-state index contributed by atoms with van der Waals surface area (Å²) in [6.45, 7) is 6.43. The summed E-state index contributed by atoms with van der Waals surface area (Å²) in [6.07, 6.45) is 61.4. The zero-order valence-electron chi connectivity index (χ0n) is 41.0. The van der Waals surface area contributed by atoms with Gasteiger partial charge in [0.05, 0.1) is 25.2 Å². The van der Waals surface area contributed by atoms with Crippen LogP contribution in [0.5, 0.6) is 0 Å². The third-order valence-corrected chi connectivity index (χ3v) is 11.8. The van der Waals surface area contributed by atoms with Crippen LogP contribution in [0, 0.1) is 0 Å². The average Bonchev–Trinajstić information content (AvgIpc) is 3.26. The van der Waals surface area contributed by atoms with Gasteiger partial charge in [-0.3, -0.25) is 9.59 Å². The van der Waals surface area contributed by atoms with Gasteiger partial charge in [0.15, 0.2) is 0 Å². The maximum absolute atomic E-state index is 13.2. The Balaban J connectivity index is 4.71. The van der Waals surface area contributed by atoms with E-state index in [0.29, 0.717) is 19.3 Å². The van der Waals surface area contributed by atoms with E-state index in [9.17, 15) is 19.8 Å². The summed E-state index contributed by atoms with van der Waals surface area (Å²) in [5, 5.41) is 23.8. The van der Waals surface area contributed by atoms with Gasteiger partial charge in [0.2, 0.25) is 5.91 Å². The number of ether oxygens (including phenoxy) is 1. The standard InChI is InChI=1S/C56H101NO5/c1-4-7-10-13-16-19-22-25-26-27-28-31-32-35-38-41-44-47-52(62-56(61)49-46-43-40-37-34-30-24-21-18-15-12-9-6-3)50-55(60)57-53(51-58)54(59)48-45-42-39-36-33-29-23-20-17-14-11-8-5-2/h16,19,25-26,28,30-31,34-35,38,52-54,58-59H,4-15,17-18,20-24,27,29,32-33,36-37,39-51H2,1-3H3,(H,57,60)/b19-16-,26-25-,31-28-,34-30-,38-35-. The number of unbranched alkanes of at least 4 members (excludes halogenated alkanes) is 25. The highest BCUT2D eigenvalue weighted by Gasteiger charge is 2.24. The molecule has 3 unspecified atom stereocenters. The fraction of sp³-hybridized carbons (Fsp3) is 0.786. The summed E-state index contributed by atoms with van der Waals surface area (Å²) in [4.78, 5) is 26.1. The topological polar surface area (TPSA) is 95.9 Å². The van der Waals surface area contributed by atoms with E-state index in [1.807, 2.05) is 0 Å². The molecule has 0 aliphatic carbocycles. The largest absolute Gasteiger partial charge is 0.462 e. The van der Waals surface area contributed by atoms with Crippen LogP contribution in [0.1, 0.15) is 258 Å². The van der Waals surface area contributed by atoms with Gasteiger partial charge in [-0.2, -0.15) is 0 Å². The van der Waals surface area contributed by atoms with Gasteiger partial charge in [-0.05, 0) is 89.9 Å². The van der Waals surface area contributed by atoms with Crippen molar-refractivity contribution in [3.8, 4) is 0 Å². The number of amides is 1. The van der Waals surface area contributed by atoms with Gasteiger partial charge < -0.3 is 20.3 Å². The number of carbonyl (C=O) groups is 2. The van der Waals surface area contributed by atoms with Gasteiger partial charge in [-0.25, -0.2) is 0 Å². The highest BCUT2D eigenvalue weighted by atomic mass is 16.5. The molecule has 0 aromatic carbocycles. The summed E-state index contributed by atoms with van der Waals surface area (Å²) < 4.78 is 5.90. The third-order valence-electron chi connectivity index (χ3n) is 11.8. The number of allylic oxidation sites excluding steroid dienone is 10. The summed E-state index contributed by atoms with van der Waals surface area (Å²) in [5.41, 5.74) is 0. The zero-order valence-corrected chi connectivity index (χ0v) is 41.0. The molecule has 0 radical (unpaired) electrons. The van der Waals surface area contributed by atoms with Crippen LogP contribution >= 0.6 is 0 Å². The second-order valence-corrected chi connectivity index (χ2v) is 17.9. The predicted octanol–water partition coefficient (Wildman–Crippen LogP) is 16.0. The molecule has 0 saturated carbocycles. The van der Waals surface area contributed by atoms with E-state index >= 15 is 0 Å². The van der Waals surface area contributed by atoms with Crippen molar-refractivity contribution < 1.29 is 24.5 Å². The Kier molecular flexibility index (Phi) is 47.6. The fourth-order valence-electron chi connectivity index (χ4n) is 7.77. The minimum absolute atomic E-state index is 0.0334. The number of nitrogens with one attached hydrogen (secondary N) is 1. The Labute approximate surface area is 384 Å². The highest BCUT2D eigenvalue weighted by Crippen LogP contribution is 2.17. The van der Waals surface area contributed by atoms with Gasteiger partial charge in [0.1, 0.15) is 6.10 Å². The maximum atomic E-state index is 13.2. The number of hydrogen-bond acceptors (Lipinski definition) is 5. The van der Waals surface area contributed by atoms with Crippen molar-refractivity contribution in [3.05, 3.63) is 60.8 Å². The van der Waals surface area contributed by atoms with Gasteiger partial charge in [-0.15, -0.1) is 0 Å². The van der Waals surface area contributed by atoms with Gasteiger partial charge in [0, 0.05) is 6.42 Å². The Hall–Kier alpha value is -2.44. The van der Waals surface area contributed by atoms with Crippen LogP contribution in [0.3, 0.4) is 0 Å². The van der Waals surface area contributed by atoms with Crippen molar-refractivity contribution in [3.63, 3.8) is 0 Å². The molecule has 0 aromatic rings. The fourth-order valence-corrected chi connectivity index (χ4v) is 7.77. The monoisotopic (exact) mass is 868 g/mol. The molecular weight excluding hydrogens is 767 g/mol. The Morgan fingerprint density at radius 1 is 0.468 bits per heavy atom. The van der Waals surface area contributed by atoms with Crippen LogP contribution in [-0.2, 0) is 14.3 Å². The first-order valence-corrected chi connectivity index (χ1v) is 26.5. The number of aliphatic hydroxyl groups excluding tert-OH is 2. The van der Waals surface area contributed by atoms with Gasteiger partial charge in [0.25, 0.3) is 0 Å². The maximum Gasteiger partial charge on any atom is 0.306 e. The minimum Gasteiger partial charge on any atom is -0.462 e. The van der Waals surface area contributed by atoms with E-state index in [1.165, 1.54) is 128 Å². The molecule has 0 saturated heterocycles. The highest BCUT2D eigenvalue weighted by molar-refractivity contribution is 5.77. The molecule has 62 heavy (non-hydrogen) atoms. The summed E-state index contributed by atoms with van der Waals surface area (Å²) in [7, 11) is 0. The van der Waals surface area contributed by atoms with E-state index in [0.717, 1.165) is 83.5 Å². The van der Waals surface area contributed by atoms with E-state index in [1.54, 1.807) is 0 Å². The molecule has 0 spiro atoms. The lowest BCUT2D eigenvalue weighted by Crippen LogP contribution is -2.46. The van der Waals surface area contributed by atoms with E-state index in [4.69, 9.17) is 4.74 Å². The minimum atomic E-state index is -0.805. The van der Waals surface area contributed by atoms with Crippen molar-refractivity contribution in [2.45, 2.75) is 277 Å². The lowest BCUT2D eigenvalue weighted by Gasteiger charge is -2.24. The molecule has 6 heteroatoms. The molecule has 0 aliphatic rings. The van der Waals surface area contributed by atoms with Crippen molar-refractivity contribution in [2.24, 2.45) is 0 Å². The Morgan fingerprint density at radius 3 is 1.32 bits per heavy atom. The molecule has 0 bridgehead atoms. The normalized spacial score (nSPS) is 13.7. The van der Waals surface area contributed by atoms with Gasteiger partial charge >= 0.3 is 5.97 Å². The molecule has 0 fully saturated rings. The second-order valence-electron chi connectivity index (χ2n) is 17.9. The molecule has 0 aliphatic heterocycles. The van der Waals surface area contributed by atoms with E-state index < -0.39 is 18.2 Å². The Bertz CT molecular complexity index is 1110. The van der Waals surface area contributed by atoms with Crippen molar-refractivity contribution >= 4 is 11.9 Å². The zero-order chi connectivity index (χ0) is 45.2. The van der Waals surface area contributed by atoms with Crippen molar-refractivity contribution in [1.82, 2.24) is 5.32 Å². The number of aliphatic hydroxyl groups is 2. The van der Waals surface area contributed by atoms with E-state index in [2.05, 4.69) is 86.8 Å². The SMILES string of the molecule is CCCCC/C=C\C/C=C\C/C=C\C/C=C\CCCC(CC(=O)NC(CO)C(O)CCCCCCCCCCCCCCC)OC(=O)CCCCC/C=C\CCCCCCCC. The number of hydrogen-bond donors (Lipinski definition) is 3. The summed E-state index contributed by atoms with van der Waals surface area (Å²) in [6, 6.07) is -0.723. The smallest absolute Gasteiger partial charge is 0.306 e. The lowest BCUT2D eigenvalue weighted by molar-refractivity contribution is -0.151. The first-order chi connectivity index (χ1) is 30.5. The molecule has 3 N–H and O–H groups in total. The molecule has 3 atom stereocenters. The lowest BCUT2D eigenvalue weighted by atomic mass is 10.0. The molecule has 6 nitrogen and oxygen atoms in total. The molecule has 360 valence electrons. The first-order valence-electron chi connectivity index (χ1n) is 26.5. The summed E-state index contributed by atoms with van der Waals surface area (Å²) >= 11 is 0. The van der Waals surface area contributed by atoms with Crippen LogP contribution in [0.15, 0.2) is 60.8 Å². The van der Waals surface area contributed by atoms with Crippen LogP contribution < -0.4 is 5.32 Å². The quantitative estimate of drug-likeness (QED) is 0.0322. The van der Waals surface area contributed by atoms with Crippen LogP contribution in [0.2, 0.25) is 0 Å². The number of esters is 1. The van der Waals surface area contributed by atoms with Crippen molar-refractivity contribution in [2.75, 3.05) is 6.61 Å². The Morgan fingerprint density at radius 2 is 0.839 bits per heavy atom. The molecular formula is C56H101NO5. The third kappa shape index (κ3) is 44.2.